The Morgan fingerprint density at radius 3 is 3.03 bits per heavy atom. The zero-order chi connectivity index (χ0) is 23.0. The first kappa shape index (κ1) is 16.1. The number of esters is 1. The van der Waals surface area contributed by atoms with Crippen molar-refractivity contribution < 1.29 is 18.4 Å². The van der Waals surface area contributed by atoms with Crippen LogP contribution in [0.15, 0.2) is 18.3 Å². The maximum Gasteiger partial charge on any atom is 0.359 e. The normalized spacial score (nSPS) is 18.8. The molecule has 3 aromatic rings. The molecule has 1 saturated heterocycles. The van der Waals surface area contributed by atoms with Gasteiger partial charge in [0, 0.05) is 21.7 Å². The molecule has 2 aromatic heterocycles. The average Bonchev–Trinajstić information content (AvgIpc) is 3.19. The van der Waals surface area contributed by atoms with Crippen LogP contribution in [0.1, 0.15) is 52.6 Å². The third kappa shape index (κ3) is 3.54. The summed E-state index contributed by atoms with van der Waals surface area (Å²) in [6.45, 7) is -0.100. The van der Waals surface area contributed by atoms with Crippen molar-refractivity contribution in [2.45, 2.75) is 39.3 Å². The van der Waals surface area contributed by atoms with Crippen LogP contribution >= 0.6 is 11.6 Å². The summed E-state index contributed by atoms with van der Waals surface area (Å²) in [5, 5.41) is 4.71. The minimum absolute atomic E-state index is 0.00499. The molecule has 1 fully saturated rings. The quantitative estimate of drug-likeness (QED) is 0.505. The summed E-state index contributed by atoms with van der Waals surface area (Å²) >= 11 is 6.09. The standard InChI is InChI=1S/C20H22ClN5O3/c1-3-28-19(27)18-16(22)17(24-20(21)25-18)15-11(2)7-8-13-12(15)10-23-26(13)14-6-4-5-9-29-14/h7-8,10,14H,3-6,9,22H2,1-2H3/i2D3. The van der Waals surface area contributed by atoms with Gasteiger partial charge in [0.15, 0.2) is 11.9 Å². The molecule has 1 aliphatic rings. The molecule has 3 heterocycles. The van der Waals surface area contributed by atoms with Crippen LogP contribution in [0.4, 0.5) is 5.69 Å². The number of benzene rings is 1. The van der Waals surface area contributed by atoms with Gasteiger partial charge in [-0.25, -0.2) is 19.4 Å². The minimum Gasteiger partial charge on any atom is -0.461 e. The summed E-state index contributed by atoms with van der Waals surface area (Å²) in [5.74, 6) is -0.774. The first-order valence-electron chi connectivity index (χ1n) is 10.8. The number of anilines is 1. The smallest absolute Gasteiger partial charge is 0.359 e. The van der Waals surface area contributed by atoms with E-state index < -0.39 is 12.8 Å². The van der Waals surface area contributed by atoms with Gasteiger partial charge in [-0.3, -0.25) is 0 Å². The molecule has 1 aliphatic heterocycles. The zero-order valence-corrected chi connectivity index (χ0v) is 16.6. The Hall–Kier alpha value is -2.71. The molecule has 152 valence electrons. The number of hydrogen-bond donors (Lipinski definition) is 1. The van der Waals surface area contributed by atoms with Gasteiger partial charge in [0.1, 0.15) is 5.69 Å². The lowest BCUT2D eigenvalue weighted by Gasteiger charge is -2.23. The number of ether oxygens (including phenoxy) is 2. The average molecular weight is 419 g/mol. The van der Waals surface area contributed by atoms with Crippen molar-refractivity contribution in [3.05, 3.63) is 34.9 Å². The molecule has 0 saturated carbocycles. The number of fused-ring (bicyclic) bond motifs is 1. The van der Waals surface area contributed by atoms with E-state index in [2.05, 4.69) is 15.1 Å². The van der Waals surface area contributed by atoms with E-state index in [0.717, 1.165) is 19.3 Å². The summed E-state index contributed by atoms with van der Waals surface area (Å²) in [6.07, 6.45) is 4.08. The van der Waals surface area contributed by atoms with Gasteiger partial charge in [-0.05, 0) is 56.3 Å². The molecule has 29 heavy (non-hydrogen) atoms. The van der Waals surface area contributed by atoms with Gasteiger partial charge in [-0.1, -0.05) is 6.07 Å². The van der Waals surface area contributed by atoms with E-state index in [-0.39, 0.29) is 46.3 Å². The second-order valence-electron chi connectivity index (χ2n) is 6.66. The van der Waals surface area contributed by atoms with Gasteiger partial charge in [0.05, 0.1) is 24.0 Å². The van der Waals surface area contributed by atoms with Crippen molar-refractivity contribution >= 4 is 34.2 Å². The highest BCUT2D eigenvalue weighted by Gasteiger charge is 2.24. The second kappa shape index (κ2) is 7.96. The lowest BCUT2D eigenvalue weighted by Crippen LogP contribution is -2.18. The number of hydrogen-bond acceptors (Lipinski definition) is 7. The Bertz CT molecular complexity index is 1180. The first-order chi connectivity index (χ1) is 15.2. The molecule has 0 radical (unpaired) electrons. The van der Waals surface area contributed by atoms with Crippen LogP contribution in [-0.4, -0.2) is 38.9 Å². The van der Waals surface area contributed by atoms with E-state index in [1.54, 1.807) is 23.9 Å². The van der Waals surface area contributed by atoms with E-state index in [1.807, 2.05) is 0 Å². The van der Waals surface area contributed by atoms with Gasteiger partial charge >= 0.3 is 5.97 Å². The van der Waals surface area contributed by atoms with Crippen molar-refractivity contribution in [2.75, 3.05) is 18.9 Å². The van der Waals surface area contributed by atoms with Crippen LogP contribution < -0.4 is 5.73 Å². The van der Waals surface area contributed by atoms with E-state index in [0.29, 0.717) is 17.5 Å². The van der Waals surface area contributed by atoms with E-state index >= 15 is 0 Å². The number of nitrogens with two attached hydrogens (primary N) is 1. The number of aryl methyl sites for hydroxylation is 1. The number of rotatable bonds is 4. The summed E-state index contributed by atoms with van der Waals surface area (Å²) < 4.78 is 36.7. The monoisotopic (exact) mass is 418 g/mol. The summed E-state index contributed by atoms with van der Waals surface area (Å²) in [6, 6.07) is 3.18. The lowest BCUT2D eigenvalue weighted by atomic mass is 9.99. The largest absolute Gasteiger partial charge is 0.461 e. The van der Waals surface area contributed by atoms with Gasteiger partial charge < -0.3 is 15.2 Å². The fraction of sp³-hybridized carbons (Fsp3) is 0.400. The Labute approximate surface area is 177 Å². The SMILES string of the molecule is [2H]C([2H])([2H])c1ccc2c(cnn2C2CCCCO2)c1-c1nc(Cl)nc(C(=O)OCC)c1N. The van der Waals surface area contributed by atoms with Crippen molar-refractivity contribution in [3.63, 3.8) is 0 Å². The van der Waals surface area contributed by atoms with Crippen LogP contribution in [0.25, 0.3) is 22.2 Å². The van der Waals surface area contributed by atoms with Gasteiger partial charge in [0.2, 0.25) is 5.28 Å². The third-order valence-electron chi connectivity index (χ3n) is 4.83. The number of carbonyl (C=O) groups excluding carboxylic acids is 1. The Kier molecular flexibility index (Phi) is 4.43. The molecule has 0 spiro atoms. The molecule has 8 nitrogen and oxygen atoms in total. The summed E-state index contributed by atoms with van der Waals surface area (Å²) in [5.41, 5.74) is 6.83. The van der Waals surface area contributed by atoms with Gasteiger partial charge in [-0.2, -0.15) is 5.10 Å². The molecule has 1 atom stereocenters. The van der Waals surface area contributed by atoms with Crippen LogP contribution in [-0.2, 0) is 9.47 Å². The molecule has 0 aliphatic carbocycles. The summed E-state index contributed by atoms with van der Waals surface area (Å²) in [7, 11) is 0. The zero-order valence-electron chi connectivity index (χ0n) is 18.8. The maximum atomic E-state index is 12.4. The fourth-order valence-corrected chi connectivity index (χ4v) is 3.68. The Morgan fingerprint density at radius 2 is 2.31 bits per heavy atom. The number of aromatic nitrogens is 4. The van der Waals surface area contributed by atoms with Crippen LogP contribution in [0.2, 0.25) is 5.28 Å². The highest BCUT2D eigenvalue weighted by molar-refractivity contribution is 6.28. The van der Waals surface area contributed by atoms with E-state index in [1.165, 1.54) is 6.07 Å². The maximum absolute atomic E-state index is 12.4. The fourth-order valence-electron chi connectivity index (χ4n) is 3.51. The molecule has 9 heteroatoms. The van der Waals surface area contributed by atoms with Gasteiger partial charge in [0.25, 0.3) is 0 Å². The summed E-state index contributed by atoms with van der Waals surface area (Å²) in [4.78, 5) is 20.5. The van der Waals surface area contributed by atoms with E-state index in [4.69, 9.17) is 30.9 Å². The molecule has 1 unspecified atom stereocenters. The van der Waals surface area contributed by atoms with Crippen molar-refractivity contribution in [1.82, 2.24) is 19.7 Å². The number of nitrogens with zero attached hydrogens (tertiary/aromatic N) is 4. The topological polar surface area (TPSA) is 105 Å². The van der Waals surface area contributed by atoms with Crippen molar-refractivity contribution in [3.8, 4) is 11.3 Å². The van der Waals surface area contributed by atoms with Crippen molar-refractivity contribution in [1.29, 1.82) is 0 Å². The number of halogens is 1. The number of carbonyl (C=O) groups is 1. The molecule has 4 rings (SSSR count). The highest BCUT2D eigenvalue weighted by atomic mass is 35.5. The minimum atomic E-state index is -2.49. The van der Waals surface area contributed by atoms with E-state index in [9.17, 15) is 4.79 Å². The van der Waals surface area contributed by atoms with Crippen molar-refractivity contribution in [2.24, 2.45) is 0 Å². The van der Waals surface area contributed by atoms with Crippen LogP contribution in [0, 0.1) is 6.85 Å². The number of nitrogen functional groups attached to an aromatic ring is 1. The molecule has 1 aromatic carbocycles. The molecule has 2 N–H and O–H groups in total. The second-order valence-corrected chi connectivity index (χ2v) is 6.99. The first-order valence-corrected chi connectivity index (χ1v) is 9.73. The molecular formula is C20H22ClN5O3. The highest BCUT2D eigenvalue weighted by Crippen LogP contribution is 2.37. The van der Waals surface area contributed by atoms with Crippen LogP contribution in [0.5, 0.6) is 0 Å². The predicted octanol–water partition coefficient (Wildman–Crippen LogP) is 3.91. The molecular weight excluding hydrogens is 394 g/mol. The van der Waals surface area contributed by atoms with Gasteiger partial charge in [-0.15, -0.1) is 0 Å². The molecule has 0 bridgehead atoms. The lowest BCUT2D eigenvalue weighted by molar-refractivity contribution is -0.0366. The third-order valence-corrected chi connectivity index (χ3v) is 5.00. The predicted molar refractivity (Wildman–Crippen MR) is 110 cm³/mol. The molecule has 0 amide bonds. The van der Waals surface area contributed by atoms with Crippen LogP contribution in [0.3, 0.4) is 0 Å². The Balaban J connectivity index is 1.99. The Morgan fingerprint density at radius 1 is 1.45 bits per heavy atom.